The summed E-state index contributed by atoms with van der Waals surface area (Å²) in [5.41, 5.74) is 7.26. The van der Waals surface area contributed by atoms with E-state index in [1.54, 1.807) is 48.7 Å². The highest BCUT2D eigenvalue weighted by Crippen LogP contribution is 2.39. The summed E-state index contributed by atoms with van der Waals surface area (Å²) in [7, 11) is 0. The molecule has 0 bridgehead atoms. The number of allylic oxidation sites excluding steroid dienone is 2. The van der Waals surface area contributed by atoms with Gasteiger partial charge in [0.2, 0.25) is 0 Å². The van der Waals surface area contributed by atoms with Crippen molar-refractivity contribution in [2.45, 2.75) is 24.8 Å². The smallest absolute Gasteiger partial charge is 0.397 e. The van der Waals surface area contributed by atoms with Crippen LogP contribution in [0.5, 0.6) is 0 Å². The SMILES string of the molecule is Nc1cccc2ccc(C3=CC=CC(Cc4ccccn4)(OC(F)(F)F)C3)nc12. The Balaban J connectivity index is 1.70. The van der Waals surface area contributed by atoms with Crippen molar-refractivity contribution >= 4 is 22.2 Å². The minimum Gasteiger partial charge on any atom is -0.397 e. The number of hydrogen-bond donors (Lipinski definition) is 1. The molecule has 1 atom stereocenters. The second-order valence-electron chi connectivity index (χ2n) is 6.95. The van der Waals surface area contributed by atoms with E-state index in [2.05, 4.69) is 14.7 Å². The van der Waals surface area contributed by atoms with Crippen molar-refractivity contribution in [2.75, 3.05) is 5.73 Å². The Morgan fingerprint density at radius 2 is 1.93 bits per heavy atom. The topological polar surface area (TPSA) is 61.0 Å². The van der Waals surface area contributed by atoms with E-state index in [-0.39, 0.29) is 12.8 Å². The van der Waals surface area contributed by atoms with E-state index in [9.17, 15) is 13.2 Å². The average Bonchev–Trinajstić information content (AvgIpc) is 2.67. The van der Waals surface area contributed by atoms with Gasteiger partial charge in [0, 0.05) is 30.1 Å². The Bertz CT molecular complexity index is 1090. The van der Waals surface area contributed by atoms with Gasteiger partial charge in [-0.3, -0.25) is 9.72 Å². The Morgan fingerprint density at radius 3 is 2.69 bits per heavy atom. The molecule has 2 aromatic heterocycles. The number of para-hydroxylation sites is 1. The van der Waals surface area contributed by atoms with Gasteiger partial charge in [-0.15, -0.1) is 13.2 Å². The van der Waals surface area contributed by atoms with Crippen LogP contribution in [-0.4, -0.2) is 21.9 Å². The summed E-state index contributed by atoms with van der Waals surface area (Å²) in [4.78, 5) is 8.75. The van der Waals surface area contributed by atoms with Crippen molar-refractivity contribution in [3.8, 4) is 0 Å². The first-order chi connectivity index (χ1) is 13.8. The molecule has 1 aliphatic carbocycles. The van der Waals surface area contributed by atoms with E-state index in [1.165, 1.54) is 6.08 Å². The molecule has 4 nitrogen and oxygen atoms in total. The van der Waals surface area contributed by atoms with Gasteiger partial charge < -0.3 is 5.73 Å². The molecule has 0 saturated heterocycles. The summed E-state index contributed by atoms with van der Waals surface area (Å²) < 4.78 is 44.4. The van der Waals surface area contributed by atoms with Gasteiger partial charge in [-0.1, -0.05) is 42.5 Å². The number of ether oxygens (including phenoxy) is 1. The minimum absolute atomic E-state index is 0.00479. The predicted molar refractivity (Wildman–Crippen MR) is 106 cm³/mol. The van der Waals surface area contributed by atoms with Gasteiger partial charge in [0.15, 0.2) is 0 Å². The molecule has 2 N–H and O–H groups in total. The highest BCUT2D eigenvalue weighted by Gasteiger charge is 2.44. The molecule has 148 valence electrons. The van der Waals surface area contributed by atoms with Gasteiger partial charge >= 0.3 is 6.36 Å². The van der Waals surface area contributed by atoms with Gasteiger partial charge in [0.25, 0.3) is 0 Å². The van der Waals surface area contributed by atoms with Crippen LogP contribution in [0.15, 0.2) is 73.0 Å². The molecule has 1 unspecified atom stereocenters. The first-order valence-electron chi connectivity index (χ1n) is 9.04. The third-order valence-corrected chi connectivity index (χ3v) is 4.79. The molecule has 0 saturated carbocycles. The van der Waals surface area contributed by atoms with Crippen molar-refractivity contribution in [1.29, 1.82) is 0 Å². The standard InChI is InChI=1S/C22H18F3N3O/c23-22(24,25)29-21(14-17-7-1-2-12-27-17)11-4-6-16(13-21)19-10-9-15-5-3-8-18(26)20(15)28-19/h1-12H,13-14,26H2. The summed E-state index contributed by atoms with van der Waals surface area (Å²) in [6.45, 7) is 0. The van der Waals surface area contributed by atoms with Gasteiger partial charge in [0.1, 0.15) is 5.60 Å². The molecule has 7 heteroatoms. The predicted octanol–water partition coefficient (Wildman–Crippen LogP) is 5.07. The fourth-order valence-electron chi connectivity index (χ4n) is 3.57. The van der Waals surface area contributed by atoms with Gasteiger partial charge in [-0.25, -0.2) is 4.98 Å². The number of aromatic nitrogens is 2. The number of nitrogen functional groups attached to an aromatic ring is 1. The molecule has 4 rings (SSSR count). The largest absolute Gasteiger partial charge is 0.523 e. The number of hydrogen-bond acceptors (Lipinski definition) is 4. The number of nitrogens with two attached hydrogens (primary N) is 1. The maximum atomic E-state index is 13.3. The van der Waals surface area contributed by atoms with Crippen LogP contribution in [0.4, 0.5) is 18.9 Å². The second kappa shape index (κ2) is 7.33. The van der Waals surface area contributed by atoms with Crippen LogP contribution in [0.2, 0.25) is 0 Å². The molecule has 1 aliphatic rings. The Hall–Kier alpha value is -3.19. The molecular weight excluding hydrogens is 379 g/mol. The molecular formula is C22H18F3N3O. The molecule has 0 radical (unpaired) electrons. The Kier molecular flexibility index (Phi) is 4.84. The van der Waals surface area contributed by atoms with Crippen molar-refractivity contribution in [2.24, 2.45) is 0 Å². The van der Waals surface area contributed by atoms with E-state index in [1.807, 2.05) is 18.2 Å². The number of nitrogens with zero attached hydrogens (tertiary/aromatic N) is 2. The monoisotopic (exact) mass is 397 g/mol. The van der Waals surface area contributed by atoms with Crippen LogP contribution < -0.4 is 5.73 Å². The van der Waals surface area contributed by atoms with Crippen LogP contribution in [0.3, 0.4) is 0 Å². The third kappa shape index (κ3) is 4.30. The van der Waals surface area contributed by atoms with E-state index in [0.29, 0.717) is 28.2 Å². The number of halogens is 3. The lowest BCUT2D eigenvalue weighted by Crippen LogP contribution is -2.40. The number of alkyl halides is 3. The fraction of sp³-hybridized carbons (Fsp3) is 0.182. The van der Waals surface area contributed by atoms with Crippen LogP contribution in [0.25, 0.3) is 16.5 Å². The molecule has 0 amide bonds. The van der Waals surface area contributed by atoms with Crippen molar-refractivity contribution in [3.63, 3.8) is 0 Å². The highest BCUT2D eigenvalue weighted by atomic mass is 19.4. The Morgan fingerprint density at radius 1 is 1.07 bits per heavy atom. The Labute approximate surface area is 165 Å². The highest BCUT2D eigenvalue weighted by molar-refractivity contribution is 5.90. The lowest BCUT2D eigenvalue weighted by atomic mass is 9.84. The summed E-state index contributed by atoms with van der Waals surface area (Å²) >= 11 is 0. The first kappa shape index (κ1) is 19.1. The normalized spacial score (nSPS) is 19.3. The van der Waals surface area contributed by atoms with Crippen LogP contribution >= 0.6 is 0 Å². The number of rotatable bonds is 4. The van der Waals surface area contributed by atoms with E-state index >= 15 is 0 Å². The molecule has 0 fully saturated rings. The van der Waals surface area contributed by atoms with Crippen molar-refractivity contribution in [3.05, 3.63) is 84.3 Å². The lowest BCUT2D eigenvalue weighted by Gasteiger charge is -2.34. The third-order valence-electron chi connectivity index (χ3n) is 4.79. The van der Waals surface area contributed by atoms with Crippen LogP contribution in [0.1, 0.15) is 17.8 Å². The van der Waals surface area contributed by atoms with Crippen molar-refractivity contribution < 1.29 is 17.9 Å². The van der Waals surface area contributed by atoms with E-state index < -0.39 is 12.0 Å². The quantitative estimate of drug-likeness (QED) is 0.624. The van der Waals surface area contributed by atoms with E-state index in [4.69, 9.17) is 5.73 Å². The number of anilines is 1. The zero-order chi connectivity index (χ0) is 20.5. The molecule has 3 aromatic rings. The molecule has 1 aromatic carbocycles. The first-order valence-corrected chi connectivity index (χ1v) is 9.04. The fourth-order valence-corrected chi connectivity index (χ4v) is 3.57. The van der Waals surface area contributed by atoms with Crippen LogP contribution in [0, 0.1) is 0 Å². The number of benzene rings is 1. The molecule has 0 spiro atoms. The second-order valence-corrected chi connectivity index (χ2v) is 6.95. The molecule has 29 heavy (non-hydrogen) atoms. The maximum absolute atomic E-state index is 13.3. The average molecular weight is 397 g/mol. The summed E-state index contributed by atoms with van der Waals surface area (Å²) in [6, 6.07) is 14.2. The summed E-state index contributed by atoms with van der Waals surface area (Å²) in [5, 5.41) is 0.868. The van der Waals surface area contributed by atoms with E-state index in [0.717, 1.165) is 5.39 Å². The summed E-state index contributed by atoms with van der Waals surface area (Å²) in [5.74, 6) is 0. The number of fused-ring (bicyclic) bond motifs is 1. The van der Waals surface area contributed by atoms with Crippen molar-refractivity contribution in [1.82, 2.24) is 9.97 Å². The maximum Gasteiger partial charge on any atom is 0.523 e. The summed E-state index contributed by atoms with van der Waals surface area (Å²) in [6.07, 6.45) is 1.52. The zero-order valence-corrected chi connectivity index (χ0v) is 15.4. The van der Waals surface area contributed by atoms with Crippen LogP contribution in [-0.2, 0) is 11.2 Å². The molecule has 0 aliphatic heterocycles. The lowest BCUT2D eigenvalue weighted by molar-refractivity contribution is -0.357. The van der Waals surface area contributed by atoms with Gasteiger partial charge in [-0.2, -0.15) is 0 Å². The number of pyridine rings is 2. The van der Waals surface area contributed by atoms with Gasteiger partial charge in [0.05, 0.1) is 16.9 Å². The molecule has 2 heterocycles. The minimum atomic E-state index is -4.79. The zero-order valence-electron chi connectivity index (χ0n) is 15.4. The van der Waals surface area contributed by atoms with Gasteiger partial charge in [-0.05, 0) is 29.8 Å².